The average molecular weight is 331 g/mol. The third-order valence-corrected chi connectivity index (χ3v) is 6.10. The highest BCUT2D eigenvalue weighted by Crippen LogP contribution is 2.17. The number of hydrogen-bond donors (Lipinski definition) is 0. The van der Waals surface area contributed by atoms with Crippen molar-refractivity contribution >= 4 is 10.0 Å². The summed E-state index contributed by atoms with van der Waals surface area (Å²) >= 11 is 0. The van der Waals surface area contributed by atoms with E-state index in [9.17, 15) is 13.7 Å². The lowest BCUT2D eigenvalue weighted by molar-refractivity contribution is 0.384. The molecule has 0 aliphatic rings. The Bertz CT molecular complexity index is 391. The zero-order valence-electron chi connectivity index (χ0n) is 14.7. The van der Waals surface area contributed by atoms with E-state index in [-0.39, 0.29) is 0 Å². The Morgan fingerprint density at radius 3 is 1.73 bits per heavy atom. The van der Waals surface area contributed by atoms with Crippen LogP contribution in [-0.2, 0) is 10.0 Å². The fraction of sp³-hybridized carbons (Fsp3) is 0.941. The molecule has 0 aromatic carbocycles. The Kier molecular flexibility index (Phi) is 12.5. The molecule has 0 aromatic heterocycles. The van der Waals surface area contributed by atoms with E-state index in [0.717, 1.165) is 57.8 Å². The standard InChI is InChI=1S/C17H34N2O2S/c1-4-7-10-13-17(16-18)22(20,21)19(14-11-8-5-2)15-12-9-6-3/h17H,4-15H2,1-3H3. The van der Waals surface area contributed by atoms with Crippen molar-refractivity contribution in [1.82, 2.24) is 4.31 Å². The molecular formula is C17H34N2O2S. The molecule has 0 saturated carbocycles. The van der Waals surface area contributed by atoms with Gasteiger partial charge in [-0.15, -0.1) is 0 Å². The van der Waals surface area contributed by atoms with Gasteiger partial charge in [0, 0.05) is 13.1 Å². The minimum atomic E-state index is -3.48. The second kappa shape index (κ2) is 12.9. The van der Waals surface area contributed by atoms with Crippen LogP contribution in [-0.4, -0.2) is 31.1 Å². The highest BCUT2D eigenvalue weighted by atomic mass is 32.2. The monoisotopic (exact) mass is 330 g/mol. The summed E-state index contributed by atoms with van der Waals surface area (Å²) in [4.78, 5) is 0. The molecule has 22 heavy (non-hydrogen) atoms. The summed E-state index contributed by atoms with van der Waals surface area (Å²) in [5, 5.41) is 8.42. The Labute approximate surface area is 137 Å². The summed E-state index contributed by atoms with van der Waals surface area (Å²) in [6.45, 7) is 7.42. The average Bonchev–Trinajstić information content (AvgIpc) is 2.50. The summed E-state index contributed by atoms with van der Waals surface area (Å²) in [6, 6.07) is 2.03. The number of nitriles is 1. The Morgan fingerprint density at radius 1 is 0.864 bits per heavy atom. The van der Waals surface area contributed by atoms with Gasteiger partial charge in [0.15, 0.2) is 5.25 Å². The second-order valence-electron chi connectivity index (χ2n) is 5.97. The summed E-state index contributed by atoms with van der Waals surface area (Å²) in [5.41, 5.74) is 0. The summed E-state index contributed by atoms with van der Waals surface area (Å²) in [6.07, 6.45) is 9.27. The van der Waals surface area contributed by atoms with Crippen molar-refractivity contribution in [3.8, 4) is 6.07 Å². The highest BCUT2D eigenvalue weighted by Gasteiger charge is 2.31. The third-order valence-electron chi connectivity index (χ3n) is 3.96. The Balaban J connectivity index is 4.82. The third kappa shape index (κ3) is 8.14. The maximum absolute atomic E-state index is 12.7. The molecule has 0 aromatic rings. The SMILES string of the molecule is CCCCCC(C#N)S(=O)(=O)N(CCCCC)CCCCC. The van der Waals surface area contributed by atoms with Crippen molar-refractivity contribution < 1.29 is 8.42 Å². The van der Waals surface area contributed by atoms with Crippen LogP contribution in [0.5, 0.6) is 0 Å². The van der Waals surface area contributed by atoms with Crippen LogP contribution in [0.4, 0.5) is 0 Å². The normalized spacial score (nSPS) is 13.2. The first-order chi connectivity index (χ1) is 10.5. The van der Waals surface area contributed by atoms with Gasteiger partial charge in [0.1, 0.15) is 0 Å². The number of unbranched alkanes of at least 4 members (excludes halogenated alkanes) is 6. The van der Waals surface area contributed by atoms with Crippen LogP contribution in [0.15, 0.2) is 0 Å². The molecule has 130 valence electrons. The molecule has 0 radical (unpaired) electrons. The largest absolute Gasteiger partial charge is 0.230 e. The van der Waals surface area contributed by atoms with Crippen molar-refractivity contribution in [2.24, 2.45) is 0 Å². The van der Waals surface area contributed by atoms with E-state index in [0.29, 0.717) is 19.5 Å². The number of rotatable bonds is 14. The van der Waals surface area contributed by atoms with Gasteiger partial charge in [-0.3, -0.25) is 0 Å². The van der Waals surface area contributed by atoms with E-state index in [1.165, 1.54) is 0 Å². The van der Waals surface area contributed by atoms with Crippen LogP contribution < -0.4 is 0 Å². The maximum Gasteiger partial charge on any atom is 0.230 e. The van der Waals surface area contributed by atoms with Crippen molar-refractivity contribution in [1.29, 1.82) is 5.26 Å². The molecule has 0 aliphatic heterocycles. The zero-order valence-corrected chi connectivity index (χ0v) is 15.5. The van der Waals surface area contributed by atoms with Gasteiger partial charge in [0.25, 0.3) is 0 Å². The minimum Gasteiger partial charge on any atom is -0.211 e. The maximum atomic E-state index is 12.7. The number of sulfonamides is 1. The van der Waals surface area contributed by atoms with Gasteiger partial charge in [-0.25, -0.2) is 12.7 Å². The zero-order chi connectivity index (χ0) is 16.8. The molecule has 0 amide bonds. The van der Waals surface area contributed by atoms with Crippen LogP contribution in [0, 0.1) is 11.3 Å². The number of nitrogens with zero attached hydrogens (tertiary/aromatic N) is 2. The molecule has 0 N–H and O–H groups in total. The first-order valence-electron chi connectivity index (χ1n) is 8.93. The summed E-state index contributed by atoms with van der Waals surface area (Å²) in [7, 11) is -3.48. The van der Waals surface area contributed by atoms with E-state index in [1.54, 1.807) is 4.31 Å². The van der Waals surface area contributed by atoms with E-state index in [1.807, 2.05) is 6.07 Å². The van der Waals surface area contributed by atoms with Crippen molar-refractivity contribution in [2.75, 3.05) is 13.1 Å². The molecule has 1 atom stereocenters. The van der Waals surface area contributed by atoms with Gasteiger partial charge in [0.2, 0.25) is 10.0 Å². The highest BCUT2D eigenvalue weighted by molar-refractivity contribution is 7.90. The first kappa shape index (κ1) is 21.4. The van der Waals surface area contributed by atoms with Crippen molar-refractivity contribution in [3.63, 3.8) is 0 Å². The van der Waals surface area contributed by atoms with Crippen molar-refractivity contribution in [2.45, 2.75) is 90.2 Å². The van der Waals surface area contributed by atoms with E-state index in [2.05, 4.69) is 20.8 Å². The molecule has 1 unspecified atom stereocenters. The van der Waals surface area contributed by atoms with Crippen LogP contribution in [0.25, 0.3) is 0 Å². The molecule has 0 spiro atoms. The Morgan fingerprint density at radius 2 is 1.32 bits per heavy atom. The van der Waals surface area contributed by atoms with Crippen LogP contribution in [0.1, 0.15) is 85.0 Å². The van der Waals surface area contributed by atoms with Crippen LogP contribution >= 0.6 is 0 Å². The van der Waals surface area contributed by atoms with Crippen LogP contribution in [0.2, 0.25) is 0 Å². The lowest BCUT2D eigenvalue weighted by Crippen LogP contribution is -2.39. The van der Waals surface area contributed by atoms with Gasteiger partial charge in [0.05, 0.1) is 6.07 Å². The fourth-order valence-corrected chi connectivity index (χ4v) is 4.21. The fourth-order valence-electron chi connectivity index (χ4n) is 2.48. The molecular weight excluding hydrogens is 296 g/mol. The lowest BCUT2D eigenvalue weighted by Gasteiger charge is -2.24. The van der Waals surface area contributed by atoms with E-state index < -0.39 is 15.3 Å². The van der Waals surface area contributed by atoms with Gasteiger partial charge in [-0.1, -0.05) is 65.7 Å². The number of hydrogen-bond acceptors (Lipinski definition) is 3. The molecule has 0 rings (SSSR count). The van der Waals surface area contributed by atoms with Crippen molar-refractivity contribution in [3.05, 3.63) is 0 Å². The summed E-state index contributed by atoms with van der Waals surface area (Å²) < 4.78 is 27.1. The van der Waals surface area contributed by atoms with E-state index in [4.69, 9.17) is 0 Å². The van der Waals surface area contributed by atoms with Gasteiger partial charge >= 0.3 is 0 Å². The Hall–Kier alpha value is -0.600. The molecule has 5 heteroatoms. The van der Waals surface area contributed by atoms with Gasteiger partial charge in [-0.2, -0.15) is 5.26 Å². The van der Waals surface area contributed by atoms with Crippen LogP contribution in [0.3, 0.4) is 0 Å². The smallest absolute Gasteiger partial charge is 0.211 e. The minimum absolute atomic E-state index is 0.463. The van der Waals surface area contributed by atoms with E-state index >= 15 is 0 Å². The molecule has 0 saturated heterocycles. The molecule has 0 aliphatic carbocycles. The molecule has 0 fully saturated rings. The molecule has 0 heterocycles. The predicted octanol–water partition coefficient (Wildman–Crippen LogP) is 4.47. The quantitative estimate of drug-likeness (QED) is 0.441. The molecule has 0 bridgehead atoms. The second-order valence-corrected chi connectivity index (χ2v) is 8.09. The van der Waals surface area contributed by atoms with Gasteiger partial charge < -0.3 is 0 Å². The topological polar surface area (TPSA) is 61.2 Å². The molecule has 4 nitrogen and oxygen atoms in total. The van der Waals surface area contributed by atoms with Gasteiger partial charge in [-0.05, 0) is 19.3 Å². The first-order valence-corrected chi connectivity index (χ1v) is 10.4. The lowest BCUT2D eigenvalue weighted by atomic mass is 10.2. The summed E-state index contributed by atoms with van der Waals surface area (Å²) in [5.74, 6) is 0. The predicted molar refractivity (Wildman–Crippen MR) is 93.1 cm³/mol.